The molecular formula is C30H29Cl2F3N4O3. The lowest BCUT2D eigenvalue weighted by molar-refractivity contribution is -0.128. The number of aromatic nitrogens is 1. The maximum atomic E-state index is 14.2. The number of nitrogens with zero attached hydrogens (tertiary/aromatic N) is 2. The van der Waals surface area contributed by atoms with Crippen LogP contribution < -0.4 is 15.4 Å². The smallest absolute Gasteiger partial charge is 0.252 e. The fourth-order valence-corrected chi connectivity index (χ4v) is 5.94. The summed E-state index contributed by atoms with van der Waals surface area (Å²) in [5.41, 5.74) is 2.79. The Labute approximate surface area is 251 Å². The number of ether oxygens (including phenoxy) is 1. The van der Waals surface area contributed by atoms with Crippen molar-refractivity contribution < 1.29 is 27.1 Å². The van der Waals surface area contributed by atoms with Crippen LogP contribution in [-0.4, -0.2) is 53.6 Å². The molecule has 1 amide bonds. The minimum atomic E-state index is -1.35. The third-order valence-electron chi connectivity index (χ3n) is 7.79. The lowest BCUT2D eigenvalue weighted by Crippen LogP contribution is -2.60. The normalized spacial score (nSPS) is 20.1. The molecule has 12 heteroatoms. The summed E-state index contributed by atoms with van der Waals surface area (Å²) in [7, 11) is 0. The van der Waals surface area contributed by atoms with Crippen molar-refractivity contribution in [1.29, 1.82) is 0 Å². The molecule has 3 heterocycles. The van der Waals surface area contributed by atoms with Crippen molar-refractivity contribution in [3.8, 4) is 5.75 Å². The molecule has 7 nitrogen and oxygen atoms in total. The van der Waals surface area contributed by atoms with Gasteiger partial charge in [0.25, 0.3) is 5.91 Å². The first-order valence-electron chi connectivity index (χ1n) is 13.9. The zero-order valence-corrected chi connectivity index (χ0v) is 24.1. The van der Waals surface area contributed by atoms with E-state index in [9.17, 15) is 18.0 Å². The highest BCUT2D eigenvalue weighted by molar-refractivity contribution is 6.42. The summed E-state index contributed by atoms with van der Waals surface area (Å²) >= 11 is 12.7. The second-order valence-electron chi connectivity index (χ2n) is 10.8. The summed E-state index contributed by atoms with van der Waals surface area (Å²) in [6.07, 6.45) is 4.67. The van der Waals surface area contributed by atoms with Crippen LogP contribution in [0.25, 0.3) is 5.57 Å². The summed E-state index contributed by atoms with van der Waals surface area (Å²) in [5.74, 6) is -3.94. The van der Waals surface area contributed by atoms with E-state index in [1.54, 1.807) is 6.07 Å². The molecule has 0 radical (unpaired) electrons. The molecule has 1 aliphatic carbocycles. The first-order valence-corrected chi connectivity index (χ1v) is 14.7. The molecule has 1 aromatic heterocycles. The molecule has 1 saturated carbocycles. The number of hydrogen-bond donors (Lipinski definition) is 2. The van der Waals surface area contributed by atoms with Crippen molar-refractivity contribution >= 4 is 34.7 Å². The number of oxazole rings is 1. The minimum Gasteiger partial charge on any atom is -0.488 e. The number of nitrogens with one attached hydrogen (secondary N) is 2. The monoisotopic (exact) mass is 620 g/mol. The summed E-state index contributed by atoms with van der Waals surface area (Å²) < 4.78 is 52.2. The summed E-state index contributed by atoms with van der Waals surface area (Å²) in [4.78, 5) is 20.8. The van der Waals surface area contributed by atoms with E-state index in [1.165, 1.54) is 6.26 Å². The van der Waals surface area contributed by atoms with Crippen LogP contribution in [-0.2, 0) is 17.8 Å². The van der Waals surface area contributed by atoms with E-state index in [4.69, 9.17) is 32.4 Å². The molecule has 6 rings (SSSR count). The van der Waals surface area contributed by atoms with Crippen molar-refractivity contribution in [2.24, 2.45) is 0 Å². The van der Waals surface area contributed by atoms with Crippen LogP contribution in [0.1, 0.15) is 42.8 Å². The zero-order valence-electron chi connectivity index (χ0n) is 22.6. The van der Waals surface area contributed by atoms with E-state index in [2.05, 4.69) is 15.6 Å². The second kappa shape index (κ2) is 12.3. The predicted molar refractivity (Wildman–Crippen MR) is 152 cm³/mol. The summed E-state index contributed by atoms with van der Waals surface area (Å²) in [6, 6.07) is 6.98. The fourth-order valence-electron chi connectivity index (χ4n) is 5.56. The largest absolute Gasteiger partial charge is 0.488 e. The number of carbonyl (C=O) groups excluding carboxylic acids is 1. The predicted octanol–water partition coefficient (Wildman–Crippen LogP) is 5.69. The van der Waals surface area contributed by atoms with Gasteiger partial charge in [0.1, 0.15) is 6.26 Å². The van der Waals surface area contributed by atoms with Crippen LogP contribution in [0.5, 0.6) is 5.75 Å². The molecule has 42 heavy (non-hydrogen) atoms. The number of benzene rings is 2. The average Bonchev–Trinajstić information content (AvgIpc) is 3.71. The van der Waals surface area contributed by atoms with Gasteiger partial charge in [-0.15, -0.1) is 0 Å². The molecule has 2 atom stereocenters. The topological polar surface area (TPSA) is 79.6 Å². The summed E-state index contributed by atoms with van der Waals surface area (Å²) in [5, 5.41) is 7.87. The van der Waals surface area contributed by atoms with Crippen molar-refractivity contribution in [2.45, 2.75) is 56.8 Å². The number of fused-ring (bicyclic) bond motifs is 2. The highest BCUT2D eigenvalue weighted by atomic mass is 35.5. The standard InChI is InChI=1S/C30H29Cl2F3N4O3/c31-21-5-1-3-16(26(21)32)14-39(19-6-7-19)30(40)25-20(11-18-12-36-13-24(25)37-18)29-38-17(15-42-29)4-2-10-41-28-23(34)9-8-22(33)27(28)35/h1,3,5,8-9,15,18-19,24,36-37H,2,4,6-7,10-14H2/t18-,24-/m1/s1. The van der Waals surface area contributed by atoms with Crippen LogP contribution in [0.3, 0.4) is 0 Å². The number of halogens is 5. The molecule has 0 unspecified atom stereocenters. The molecule has 222 valence electrons. The van der Waals surface area contributed by atoms with Gasteiger partial charge in [-0.25, -0.2) is 13.8 Å². The van der Waals surface area contributed by atoms with Gasteiger partial charge in [-0.05, 0) is 55.9 Å². The molecule has 1 saturated heterocycles. The Kier molecular flexibility index (Phi) is 8.49. The first kappa shape index (κ1) is 29.0. The van der Waals surface area contributed by atoms with Gasteiger partial charge in [-0.3, -0.25) is 4.79 Å². The van der Waals surface area contributed by atoms with E-state index in [1.807, 2.05) is 17.0 Å². The van der Waals surface area contributed by atoms with Gasteiger partial charge >= 0.3 is 0 Å². The lowest BCUT2D eigenvalue weighted by atomic mass is 9.86. The quantitative estimate of drug-likeness (QED) is 0.224. The van der Waals surface area contributed by atoms with Crippen molar-refractivity contribution in [2.75, 3.05) is 19.7 Å². The Balaban J connectivity index is 1.21. The maximum Gasteiger partial charge on any atom is 0.252 e. The molecule has 2 aliphatic heterocycles. The Hall–Kier alpha value is -3.05. The number of piperazine rings is 1. The van der Waals surface area contributed by atoms with Gasteiger partial charge < -0.3 is 24.7 Å². The SMILES string of the molecule is O=C(C1=C(c2nc(CCCOc3c(F)ccc(F)c3F)co2)C[C@@H]2CNC[C@H]1N2)N(Cc1cccc(Cl)c1Cl)C1CC1. The number of aryl methyl sites for hydroxylation is 1. The van der Waals surface area contributed by atoms with E-state index in [0.717, 1.165) is 36.6 Å². The number of hydrogen-bond acceptors (Lipinski definition) is 6. The van der Waals surface area contributed by atoms with Crippen molar-refractivity contribution in [3.63, 3.8) is 0 Å². The number of amides is 1. The van der Waals surface area contributed by atoms with Crippen molar-refractivity contribution in [1.82, 2.24) is 20.5 Å². The van der Waals surface area contributed by atoms with E-state index in [-0.39, 0.29) is 30.6 Å². The number of rotatable bonds is 10. The van der Waals surface area contributed by atoms with Gasteiger partial charge in [-0.1, -0.05) is 35.3 Å². The molecule has 2 aromatic carbocycles. The maximum absolute atomic E-state index is 14.2. The first-order chi connectivity index (χ1) is 20.3. The van der Waals surface area contributed by atoms with Gasteiger partial charge in [0, 0.05) is 42.9 Å². The molecule has 2 bridgehead atoms. The third kappa shape index (κ3) is 6.04. The van der Waals surface area contributed by atoms with Gasteiger partial charge in [0.2, 0.25) is 11.7 Å². The van der Waals surface area contributed by atoms with E-state index >= 15 is 0 Å². The Bertz CT molecular complexity index is 1530. The highest BCUT2D eigenvalue weighted by Crippen LogP contribution is 2.37. The fraction of sp³-hybridized carbons (Fsp3) is 0.400. The Morgan fingerprint density at radius 3 is 2.74 bits per heavy atom. The van der Waals surface area contributed by atoms with Gasteiger partial charge in [-0.2, -0.15) is 4.39 Å². The molecule has 3 aromatic rings. The summed E-state index contributed by atoms with van der Waals surface area (Å²) in [6.45, 7) is 1.64. The lowest BCUT2D eigenvalue weighted by Gasteiger charge is -2.40. The average molecular weight is 621 g/mol. The number of carbonyl (C=O) groups is 1. The van der Waals surface area contributed by atoms with Crippen LogP contribution in [0.4, 0.5) is 13.2 Å². The zero-order chi connectivity index (χ0) is 29.4. The van der Waals surface area contributed by atoms with Crippen LogP contribution >= 0.6 is 23.2 Å². The molecular weight excluding hydrogens is 592 g/mol. The molecule has 2 fully saturated rings. The second-order valence-corrected chi connectivity index (χ2v) is 11.6. The van der Waals surface area contributed by atoms with Crippen LogP contribution in [0.15, 0.2) is 46.6 Å². The molecule has 2 N–H and O–H groups in total. The van der Waals surface area contributed by atoms with Crippen molar-refractivity contribution in [3.05, 3.63) is 86.8 Å². The Morgan fingerprint density at radius 2 is 1.93 bits per heavy atom. The Morgan fingerprint density at radius 1 is 1.12 bits per heavy atom. The third-order valence-corrected chi connectivity index (χ3v) is 8.64. The van der Waals surface area contributed by atoms with Gasteiger partial charge in [0.15, 0.2) is 17.4 Å². The van der Waals surface area contributed by atoms with E-state index < -0.39 is 23.2 Å². The molecule has 0 spiro atoms. The van der Waals surface area contributed by atoms with E-state index in [0.29, 0.717) is 65.6 Å². The molecule has 3 aliphatic rings. The van der Waals surface area contributed by atoms with Gasteiger partial charge in [0.05, 0.1) is 28.4 Å². The minimum absolute atomic E-state index is 0.0476. The van der Waals surface area contributed by atoms with Crippen LogP contribution in [0.2, 0.25) is 10.0 Å². The highest BCUT2D eigenvalue weighted by Gasteiger charge is 2.42. The van der Waals surface area contributed by atoms with Crippen LogP contribution in [0, 0.1) is 17.5 Å².